The van der Waals surface area contributed by atoms with Gasteiger partial charge in [0.1, 0.15) is 0 Å². The minimum absolute atomic E-state index is 0.433. The van der Waals surface area contributed by atoms with Gasteiger partial charge in [0.05, 0.1) is 0 Å². The molecule has 0 aliphatic carbocycles. The average molecular weight is 299 g/mol. The fraction of sp³-hybridized carbons (Fsp3) is 0.556. The minimum atomic E-state index is 0.433. The molecule has 3 rings (SSSR count). The SMILES string of the molecule is CCc1ccc(-c2nc(C3CCN(C(C)C)CC3)no2)cc1. The molecule has 1 aliphatic rings. The van der Waals surface area contributed by atoms with Gasteiger partial charge in [-0.1, -0.05) is 24.2 Å². The van der Waals surface area contributed by atoms with Gasteiger partial charge >= 0.3 is 0 Å². The molecule has 4 nitrogen and oxygen atoms in total. The molecule has 2 heterocycles. The molecule has 1 aromatic carbocycles. The van der Waals surface area contributed by atoms with E-state index in [9.17, 15) is 0 Å². The third-order valence-electron chi connectivity index (χ3n) is 4.68. The lowest BCUT2D eigenvalue weighted by Crippen LogP contribution is -2.38. The van der Waals surface area contributed by atoms with E-state index in [-0.39, 0.29) is 0 Å². The van der Waals surface area contributed by atoms with Gasteiger partial charge in [-0.05, 0) is 63.9 Å². The number of rotatable bonds is 4. The molecular weight excluding hydrogens is 274 g/mol. The van der Waals surface area contributed by atoms with Gasteiger partial charge in [-0.15, -0.1) is 0 Å². The normalized spacial score (nSPS) is 17.3. The molecule has 1 aromatic heterocycles. The Balaban J connectivity index is 1.68. The third kappa shape index (κ3) is 3.22. The van der Waals surface area contributed by atoms with Gasteiger partial charge in [0.2, 0.25) is 0 Å². The molecule has 0 atom stereocenters. The second-order valence-electron chi connectivity index (χ2n) is 6.41. The van der Waals surface area contributed by atoms with Crippen molar-refractivity contribution in [2.45, 2.75) is 52.0 Å². The fourth-order valence-corrected chi connectivity index (χ4v) is 3.08. The maximum absolute atomic E-state index is 5.48. The van der Waals surface area contributed by atoms with Gasteiger partial charge in [-0.2, -0.15) is 4.98 Å². The summed E-state index contributed by atoms with van der Waals surface area (Å²) in [5.41, 5.74) is 2.33. The third-order valence-corrected chi connectivity index (χ3v) is 4.68. The van der Waals surface area contributed by atoms with E-state index < -0.39 is 0 Å². The largest absolute Gasteiger partial charge is 0.334 e. The molecular formula is C18H25N3O. The second kappa shape index (κ2) is 6.61. The quantitative estimate of drug-likeness (QED) is 0.859. The lowest BCUT2D eigenvalue weighted by molar-refractivity contribution is 0.168. The van der Waals surface area contributed by atoms with Crippen LogP contribution in [0.4, 0.5) is 0 Å². The zero-order valence-corrected chi connectivity index (χ0v) is 13.7. The van der Waals surface area contributed by atoms with Gasteiger partial charge in [-0.25, -0.2) is 0 Å². The van der Waals surface area contributed by atoms with Gasteiger partial charge < -0.3 is 9.42 Å². The van der Waals surface area contributed by atoms with Crippen molar-refractivity contribution in [2.24, 2.45) is 0 Å². The lowest BCUT2D eigenvalue weighted by atomic mass is 9.95. The maximum Gasteiger partial charge on any atom is 0.257 e. The van der Waals surface area contributed by atoms with E-state index in [1.54, 1.807) is 0 Å². The zero-order valence-electron chi connectivity index (χ0n) is 13.7. The molecule has 1 aliphatic heterocycles. The Morgan fingerprint density at radius 3 is 2.45 bits per heavy atom. The van der Waals surface area contributed by atoms with Crippen LogP contribution < -0.4 is 0 Å². The fourth-order valence-electron chi connectivity index (χ4n) is 3.08. The molecule has 0 saturated carbocycles. The van der Waals surface area contributed by atoms with Crippen LogP contribution >= 0.6 is 0 Å². The van der Waals surface area contributed by atoms with Crippen molar-refractivity contribution in [3.63, 3.8) is 0 Å². The number of hydrogen-bond donors (Lipinski definition) is 0. The van der Waals surface area contributed by atoms with Crippen LogP contribution in [0.25, 0.3) is 11.5 Å². The molecule has 1 saturated heterocycles. The summed E-state index contributed by atoms with van der Waals surface area (Å²) >= 11 is 0. The Labute approximate surface area is 132 Å². The number of piperidine rings is 1. The predicted octanol–water partition coefficient (Wildman–Crippen LogP) is 3.89. The Kier molecular flexibility index (Phi) is 4.57. The van der Waals surface area contributed by atoms with E-state index in [0.717, 1.165) is 43.7 Å². The lowest BCUT2D eigenvalue weighted by Gasteiger charge is -2.33. The van der Waals surface area contributed by atoms with Gasteiger partial charge in [0.25, 0.3) is 5.89 Å². The maximum atomic E-state index is 5.48. The van der Waals surface area contributed by atoms with Crippen molar-refractivity contribution in [1.82, 2.24) is 15.0 Å². The number of hydrogen-bond acceptors (Lipinski definition) is 4. The molecule has 1 fully saturated rings. The summed E-state index contributed by atoms with van der Waals surface area (Å²) < 4.78 is 5.48. The molecule has 0 unspecified atom stereocenters. The first-order chi connectivity index (χ1) is 10.7. The summed E-state index contributed by atoms with van der Waals surface area (Å²) in [4.78, 5) is 7.15. The molecule has 22 heavy (non-hydrogen) atoms. The first kappa shape index (κ1) is 15.2. The van der Waals surface area contributed by atoms with Crippen LogP contribution in [-0.2, 0) is 6.42 Å². The number of aromatic nitrogens is 2. The number of aryl methyl sites for hydroxylation is 1. The van der Waals surface area contributed by atoms with Crippen molar-refractivity contribution in [2.75, 3.05) is 13.1 Å². The molecule has 0 N–H and O–H groups in total. The summed E-state index contributed by atoms with van der Waals surface area (Å²) in [7, 11) is 0. The van der Waals surface area contributed by atoms with E-state index in [1.165, 1.54) is 5.56 Å². The van der Waals surface area contributed by atoms with E-state index in [0.29, 0.717) is 17.9 Å². The van der Waals surface area contributed by atoms with Crippen LogP contribution in [0, 0.1) is 0 Å². The molecule has 0 radical (unpaired) electrons. The Morgan fingerprint density at radius 2 is 1.86 bits per heavy atom. The zero-order chi connectivity index (χ0) is 15.5. The number of nitrogens with zero attached hydrogens (tertiary/aromatic N) is 3. The van der Waals surface area contributed by atoms with Crippen LogP contribution in [0.5, 0.6) is 0 Å². The molecule has 2 aromatic rings. The number of likely N-dealkylation sites (tertiary alicyclic amines) is 1. The summed E-state index contributed by atoms with van der Waals surface area (Å²) in [5.74, 6) is 1.95. The van der Waals surface area contributed by atoms with Crippen molar-refractivity contribution in [3.8, 4) is 11.5 Å². The first-order valence-electron chi connectivity index (χ1n) is 8.34. The van der Waals surface area contributed by atoms with Gasteiger partial charge in [0.15, 0.2) is 5.82 Å². The van der Waals surface area contributed by atoms with Gasteiger partial charge in [0, 0.05) is 17.5 Å². The second-order valence-corrected chi connectivity index (χ2v) is 6.41. The minimum Gasteiger partial charge on any atom is -0.334 e. The monoisotopic (exact) mass is 299 g/mol. The standard InChI is InChI=1S/C18H25N3O/c1-4-14-5-7-16(8-6-14)18-19-17(20-22-18)15-9-11-21(12-10-15)13(2)3/h5-8,13,15H,4,9-12H2,1-3H3. The van der Waals surface area contributed by atoms with Crippen LogP contribution in [0.15, 0.2) is 28.8 Å². The Morgan fingerprint density at radius 1 is 1.18 bits per heavy atom. The molecule has 118 valence electrons. The summed E-state index contributed by atoms with van der Waals surface area (Å²) in [6.45, 7) is 8.91. The molecule has 0 bridgehead atoms. The van der Waals surface area contributed by atoms with Crippen LogP contribution in [-0.4, -0.2) is 34.2 Å². The van der Waals surface area contributed by atoms with Crippen LogP contribution in [0.3, 0.4) is 0 Å². The Bertz CT molecular complexity index is 595. The van der Waals surface area contributed by atoms with Crippen LogP contribution in [0.2, 0.25) is 0 Å². The van der Waals surface area contributed by atoms with Crippen molar-refractivity contribution in [1.29, 1.82) is 0 Å². The first-order valence-corrected chi connectivity index (χ1v) is 8.34. The highest BCUT2D eigenvalue weighted by Gasteiger charge is 2.25. The van der Waals surface area contributed by atoms with Crippen molar-refractivity contribution >= 4 is 0 Å². The highest BCUT2D eigenvalue weighted by atomic mass is 16.5. The molecule has 0 amide bonds. The molecule has 4 heteroatoms. The van der Waals surface area contributed by atoms with E-state index in [4.69, 9.17) is 4.52 Å². The summed E-state index contributed by atoms with van der Waals surface area (Å²) in [6.07, 6.45) is 3.28. The van der Waals surface area contributed by atoms with E-state index in [2.05, 4.69) is 60.1 Å². The smallest absolute Gasteiger partial charge is 0.257 e. The van der Waals surface area contributed by atoms with E-state index in [1.807, 2.05) is 0 Å². The predicted molar refractivity (Wildman–Crippen MR) is 87.8 cm³/mol. The van der Waals surface area contributed by atoms with E-state index >= 15 is 0 Å². The summed E-state index contributed by atoms with van der Waals surface area (Å²) in [5, 5.41) is 4.22. The Hall–Kier alpha value is -1.68. The highest BCUT2D eigenvalue weighted by Crippen LogP contribution is 2.28. The van der Waals surface area contributed by atoms with Crippen LogP contribution in [0.1, 0.15) is 50.9 Å². The van der Waals surface area contributed by atoms with Crippen molar-refractivity contribution < 1.29 is 4.52 Å². The van der Waals surface area contributed by atoms with Crippen molar-refractivity contribution in [3.05, 3.63) is 35.7 Å². The average Bonchev–Trinajstić information content (AvgIpc) is 3.05. The molecule has 0 spiro atoms. The number of benzene rings is 1. The topological polar surface area (TPSA) is 42.2 Å². The van der Waals surface area contributed by atoms with Gasteiger partial charge in [-0.3, -0.25) is 0 Å². The highest BCUT2D eigenvalue weighted by molar-refractivity contribution is 5.53. The summed E-state index contributed by atoms with van der Waals surface area (Å²) in [6, 6.07) is 9.01.